The van der Waals surface area contributed by atoms with Crippen LogP contribution in [0, 0.1) is 5.92 Å². The van der Waals surface area contributed by atoms with Gasteiger partial charge in [0.25, 0.3) is 0 Å². The molecule has 0 saturated carbocycles. The predicted molar refractivity (Wildman–Crippen MR) is 84.2 cm³/mol. The second-order valence-electron chi connectivity index (χ2n) is 5.87. The van der Waals surface area contributed by atoms with Crippen molar-refractivity contribution in [1.29, 1.82) is 0 Å². The average molecular weight is 293 g/mol. The summed E-state index contributed by atoms with van der Waals surface area (Å²) in [5.41, 5.74) is 1.25. The molecule has 1 aliphatic rings. The molecule has 0 amide bonds. The Morgan fingerprint density at radius 3 is 2.62 bits per heavy atom. The number of methoxy groups -OCH3 is 2. The highest BCUT2D eigenvalue weighted by molar-refractivity contribution is 5.43. The van der Waals surface area contributed by atoms with E-state index in [1.807, 2.05) is 6.07 Å². The van der Waals surface area contributed by atoms with Crippen molar-refractivity contribution < 1.29 is 14.2 Å². The van der Waals surface area contributed by atoms with Gasteiger partial charge in [0.1, 0.15) is 0 Å². The maximum Gasteiger partial charge on any atom is 0.160 e. The summed E-state index contributed by atoms with van der Waals surface area (Å²) in [5.74, 6) is 2.20. The van der Waals surface area contributed by atoms with Crippen molar-refractivity contribution in [2.24, 2.45) is 5.92 Å². The molecule has 3 unspecified atom stereocenters. The fraction of sp³-hybridized carbons (Fsp3) is 0.647. The lowest BCUT2D eigenvalue weighted by Gasteiger charge is -2.24. The normalized spacial score (nSPS) is 21.0. The van der Waals surface area contributed by atoms with E-state index in [-0.39, 0.29) is 0 Å². The van der Waals surface area contributed by atoms with Crippen molar-refractivity contribution in [3.63, 3.8) is 0 Å². The monoisotopic (exact) mass is 293 g/mol. The number of rotatable bonds is 7. The first kappa shape index (κ1) is 16.1. The lowest BCUT2D eigenvalue weighted by Crippen LogP contribution is -2.40. The van der Waals surface area contributed by atoms with Crippen LogP contribution in [0.15, 0.2) is 18.2 Å². The largest absolute Gasteiger partial charge is 0.493 e. The van der Waals surface area contributed by atoms with Crippen LogP contribution in [-0.4, -0.2) is 39.5 Å². The molecule has 21 heavy (non-hydrogen) atoms. The maximum atomic E-state index is 5.46. The smallest absolute Gasteiger partial charge is 0.160 e. The van der Waals surface area contributed by atoms with E-state index >= 15 is 0 Å². The molecule has 1 heterocycles. The fourth-order valence-electron chi connectivity index (χ4n) is 2.95. The Morgan fingerprint density at radius 1 is 1.24 bits per heavy atom. The summed E-state index contributed by atoms with van der Waals surface area (Å²) in [6.45, 7) is 6.27. The Hall–Kier alpha value is -1.26. The molecule has 1 N–H and O–H groups in total. The van der Waals surface area contributed by atoms with Gasteiger partial charge in [0.05, 0.1) is 20.8 Å². The van der Waals surface area contributed by atoms with Crippen LogP contribution in [-0.2, 0) is 11.2 Å². The summed E-state index contributed by atoms with van der Waals surface area (Å²) >= 11 is 0. The molecular weight excluding hydrogens is 266 g/mol. The molecule has 1 aromatic rings. The molecule has 0 aromatic heterocycles. The molecule has 0 aliphatic carbocycles. The van der Waals surface area contributed by atoms with Crippen molar-refractivity contribution in [3.8, 4) is 11.5 Å². The van der Waals surface area contributed by atoms with E-state index in [2.05, 4.69) is 31.3 Å². The van der Waals surface area contributed by atoms with E-state index in [0.29, 0.717) is 18.0 Å². The van der Waals surface area contributed by atoms with Crippen LogP contribution in [0.3, 0.4) is 0 Å². The first-order chi connectivity index (χ1) is 10.1. The number of hydrogen-bond donors (Lipinski definition) is 1. The molecule has 1 saturated heterocycles. The highest BCUT2D eigenvalue weighted by atomic mass is 16.5. The van der Waals surface area contributed by atoms with Gasteiger partial charge < -0.3 is 19.5 Å². The maximum absolute atomic E-state index is 5.46. The van der Waals surface area contributed by atoms with Gasteiger partial charge in [0, 0.05) is 18.7 Å². The van der Waals surface area contributed by atoms with E-state index in [1.165, 1.54) is 5.56 Å². The van der Waals surface area contributed by atoms with Gasteiger partial charge >= 0.3 is 0 Å². The van der Waals surface area contributed by atoms with Crippen molar-refractivity contribution in [1.82, 2.24) is 5.32 Å². The number of ether oxygens (including phenoxy) is 3. The minimum absolute atomic E-state index is 0.415. The zero-order valence-electron chi connectivity index (χ0n) is 13.5. The fourth-order valence-corrected chi connectivity index (χ4v) is 2.95. The molecule has 2 rings (SSSR count). The minimum atomic E-state index is 0.415. The van der Waals surface area contributed by atoms with Crippen LogP contribution >= 0.6 is 0 Å². The highest BCUT2D eigenvalue weighted by Crippen LogP contribution is 2.28. The second kappa shape index (κ2) is 7.66. The van der Waals surface area contributed by atoms with Crippen LogP contribution in [0.4, 0.5) is 0 Å². The Balaban J connectivity index is 1.91. The van der Waals surface area contributed by atoms with Crippen LogP contribution in [0.5, 0.6) is 11.5 Å². The van der Waals surface area contributed by atoms with Crippen LogP contribution in [0.25, 0.3) is 0 Å². The molecule has 3 atom stereocenters. The van der Waals surface area contributed by atoms with Gasteiger partial charge in [-0.1, -0.05) is 6.07 Å². The second-order valence-corrected chi connectivity index (χ2v) is 5.87. The van der Waals surface area contributed by atoms with E-state index in [4.69, 9.17) is 14.2 Å². The van der Waals surface area contributed by atoms with Gasteiger partial charge in [0.2, 0.25) is 0 Å². The van der Waals surface area contributed by atoms with Gasteiger partial charge in [-0.2, -0.15) is 0 Å². The molecule has 1 aromatic carbocycles. The van der Waals surface area contributed by atoms with Gasteiger partial charge in [-0.05, 0) is 50.3 Å². The van der Waals surface area contributed by atoms with Gasteiger partial charge in [-0.3, -0.25) is 0 Å². The van der Waals surface area contributed by atoms with Crippen molar-refractivity contribution in [3.05, 3.63) is 23.8 Å². The molecule has 1 aliphatic heterocycles. The Kier molecular flexibility index (Phi) is 5.88. The summed E-state index contributed by atoms with van der Waals surface area (Å²) in [5, 5.41) is 3.68. The predicted octanol–water partition coefficient (Wildman–Crippen LogP) is 2.65. The van der Waals surface area contributed by atoms with E-state index in [9.17, 15) is 0 Å². The third kappa shape index (κ3) is 4.35. The van der Waals surface area contributed by atoms with Gasteiger partial charge in [0.15, 0.2) is 11.5 Å². The standard InChI is InChI=1S/C17H27NO3/c1-12(18-13(2)15-7-8-21-11-15)9-14-5-6-16(19-3)17(10-14)20-4/h5-6,10,12-13,15,18H,7-9,11H2,1-4H3. The lowest BCUT2D eigenvalue weighted by molar-refractivity contribution is 0.177. The summed E-state index contributed by atoms with van der Waals surface area (Å²) in [4.78, 5) is 0. The van der Waals surface area contributed by atoms with E-state index in [1.54, 1.807) is 14.2 Å². The van der Waals surface area contributed by atoms with Crippen LogP contribution in [0.1, 0.15) is 25.8 Å². The SMILES string of the molecule is COc1ccc(CC(C)NC(C)C2CCOC2)cc1OC. The average Bonchev–Trinajstić information content (AvgIpc) is 3.01. The summed E-state index contributed by atoms with van der Waals surface area (Å²) < 4.78 is 16.1. The first-order valence-corrected chi connectivity index (χ1v) is 7.68. The van der Waals surface area contributed by atoms with Crippen LogP contribution < -0.4 is 14.8 Å². The van der Waals surface area contributed by atoms with Crippen molar-refractivity contribution >= 4 is 0 Å². The molecule has 4 nitrogen and oxygen atoms in total. The third-order valence-electron chi connectivity index (χ3n) is 4.21. The van der Waals surface area contributed by atoms with E-state index in [0.717, 1.165) is 37.6 Å². The molecular formula is C17H27NO3. The number of nitrogens with one attached hydrogen (secondary N) is 1. The van der Waals surface area contributed by atoms with Crippen molar-refractivity contribution in [2.45, 2.75) is 38.8 Å². The molecule has 118 valence electrons. The molecule has 4 heteroatoms. The number of hydrogen-bond acceptors (Lipinski definition) is 4. The molecule has 1 fully saturated rings. The minimum Gasteiger partial charge on any atom is -0.493 e. The topological polar surface area (TPSA) is 39.7 Å². The Bertz CT molecular complexity index is 444. The molecule has 0 bridgehead atoms. The number of benzene rings is 1. The quantitative estimate of drug-likeness (QED) is 0.839. The van der Waals surface area contributed by atoms with E-state index < -0.39 is 0 Å². The zero-order chi connectivity index (χ0) is 15.2. The Labute approximate surface area is 127 Å². The van der Waals surface area contributed by atoms with Gasteiger partial charge in [-0.25, -0.2) is 0 Å². The molecule has 0 spiro atoms. The molecule has 0 radical (unpaired) electrons. The summed E-state index contributed by atoms with van der Waals surface area (Å²) in [6.07, 6.45) is 2.13. The lowest BCUT2D eigenvalue weighted by atomic mass is 9.98. The van der Waals surface area contributed by atoms with Crippen molar-refractivity contribution in [2.75, 3.05) is 27.4 Å². The summed E-state index contributed by atoms with van der Waals surface area (Å²) in [6, 6.07) is 7.03. The highest BCUT2D eigenvalue weighted by Gasteiger charge is 2.23. The van der Waals surface area contributed by atoms with Crippen LogP contribution in [0.2, 0.25) is 0 Å². The summed E-state index contributed by atoms with van der Waals surface area (Å²) in [7, 11) is 3.33. The van der Waals surface area contributed by atoms with Gasteiger partial charge in [-0.15, -0.1) is 0 Å². The first-order valence-electron chi connectivity index (χ1n) is 7.68. The zero-order valence-corrected chi connectivity index (χ0v) is 13.5. The Morgan fingerprint density at radius 2 is 2.00 bits per heavy atom. The third-order valence-corrected chi connectivity index (χ3v) is 4.21.